The molecule has 0 spiro atoms. The number of rotatable bonds is 5. The van der Waals surface area contributed by atoms with E-state index in [2.05, 4.69) is 22.2 Å². The Kier molecular flexibility index (Phi) is 4.75. The van der Waals surface area contributed by atoms with E-state index in [4.69, 9.17) is 4.52 Å². The number of benzene rings is 1. The van der Waals surface area contributed by atoms with E-state index < -0.39 is 0 Å². The van der Waals surface area contributed by atoms with Gasteiger partial charge in [-0.3, -0.25) is 9.48 Å². The Morgan fingerprint density at radius 3 is 2.85 bits per heavy atom. The van der Waals surface area contributed by atoms with E-state index in [-0.39, 0.29) is 5.91 Å². The fourth-order valence-corrected chi connectivity index (χ4v) is 3.49. The molecule has 0 saturated carbocycles. The second-order valence-electron chi connectivity index (χ2n) is 6.86. The quantitative estimate of drug-likeness (QED) is 0.694. The van der Waals surface area contributed by atoms with Crippen LogP contribution < -0.4 is 0 Å². The fraction of sp³-hybridized carbons (Fsp3) is 0.400. The molecule has 0 bridgehead atoms. The van der Waals surface area contributed by atoms with E-state index in [1.54, 1.807) is 0 Å². The molecule has 2 aromatic heterocycles. The van der Waals surface area contributed by atoms with Gasteiger partial charge in [0.15, 0.2) is 5.69 Å². The number of aryl methyl sites for hydroxylation is 1. The third kappa shape index (κ3) is 3.37. The average Bonchev–Trinajstić information content (AvgIpc) is 3.31. The molecule has 3 heterocycles. The van der Waals surface area contributed by atoms with Gasteiger partial charge < -0.3 is 9.42 Å². The molecule has 4 rings (SSSR count). The van der Waals surface area contributed by atoms with Crippen LogP contribution in [0, 0.1) is 0 Å². The highest BCUT2D eigenvalue weighted by Crippen LogP contribution is 2.30. The Morgan fingerprint density at radius 1 is 1.26 bits per heavy atom. The summed E-state index contributed by atoms with van der Waals surface area (Å²) in [5.74, 6) is 1.14. The normalized spacial score (nSPS) is 13.6. The molecule has 0 radical (unpaired) electrons. The molecular formula is C20H23N5O2. The van der Waals surface area contributed by atoms with E-state index in [1.807, 2.05) is 47.0 Å². The van der Waals surface area contributed by atoms with Gasteiger partial charge in [0.05, 0.1) is 0 Å². The summed E-state index contributed by atoms with van der Waals surface area (Å²) < 4.78 is 7.37. The molecule has 0 fully saturated rings. The standard InChI is InChI=1S/C20H23N5O2/c1-3-4-10-17(26)25-12-11-16-15(13-25)18(22-24(16)2)20-21-19(23-27-20)14-8-6-5-7-9-14/h5-9H,3-4,10-13H2,1-2H3. The molecule has 140 valence electrons. The van der Waals surface area contributed by atoms with E-state index in [1.165, 1.54) is 0 Å². The van der Waals surface area contributed by atoms with Crippen molar-refractivity contribution in [2.24, 2.45) is 7.05 Å². The lowest BCUT2D eigenvalue weighted by Gasteiger charge is -2.27. The fourth-order valence-electron chi connectivity index (χ4n) is 3.49. The van der Waals surface area contributed by atoms with Gasteiger partial charge in [0.25, 0.3) is 5.89 Å². The van der Waals surface area contributed by atoms with Crippen molar-refractivity contribution in [3.05, 3.63) is 41.6 Å². The van der Waals surface area contributed by atoms with Crippen molar-refractivity contribution in [3.8, 4) is 23.0 Å². The highest BCUT2D eigenvalue weighted by atomic mass is 16.5. The van der Waals surface area contributed by atoms with Crippen LogP contribution in [-0.2, 0) is 24.8 Å². The molecule has 27 heavy (non-hydrogen) atoms. The zero-order valence-corrected chi connectivity index (χ0v) is 15.7. The first kappa shape index (κ1) is 17.5. The molecule has 0 atom stereocenters. The van der Waals surface area contributed by atoms with E-state index in [0.29, 0.717) is 30.4 Å². The molecule has 0 saturated heterocycles. The van der Waals surface area contributed by atoms with Crippen molar-refractivity contribution >= 4 is 5.91 Å². The monoisotopic (exact) mass is 365 g/mol. The maximum Gasteiger partial charge on any atom is 0.279 e. The van der Waals surface area contributed by atoms with Crippen LogP contribution in [-0.4, -0.2) is 37.3 Å². The first-order chi connectivity index (χ1) is 13.2. The predicted molar refractivity (Wildman–Crippen MR) is 101 cm³/mol. The number of aromatic nitrogens is 4. The molecule has 0 unspecified atom stereocenters. The summed E-state index contributed by atoms with van der Waals surface area (Å²) in [5.41, 5.74) is 3.71. The van der Waals surface area contributed by atoms with Crippen molar-refractivity contribution in [2.75, 3.05) is 6.54 Å². The predicted octanol–water partition coefficient (Wildman–Crippen LogP) is 3.21. The third-order valence-corrected chi connectivity index (χ3v) is 5.00. The highest BCUT2D eigenvalue weighted by molar-refractivity contribution is 5.77. The van der Waals surface area contributed by atoms with Gasteiger partial charge >= 0.3 is 0 Å². The SMILES string of the molecule is CCCCC(=O)N1CCc2c(c(-c3nc(-c4ccccc4)no3)nn2C)C1. The van der Waals surface area contributed by atoms with Gasteiger partial charge in [-0.15, -0.1) is 0 Å². The Balaban J connectivity index is 1.63. The smallest absolute Gasteiger partial charge is 0.279 e. The first-order valence-electron chi connectivity index (χ1n) is 9.39. The molecule has 1 aliphatic heterocycles. The summed E-state index contributed by atoms with van der Waals surface area (Å²) in [6.07, 6.45) is 3.33. The maximum absolute atomic E-state index is 12.5. The Hall–Kier alpha value is -2.96. The van der Waals surface area contributed by atoms with Crippen molar-refractivity contribution in [2.45, 2.75) is 39.2 Å². The third-order valence-electron chi connectivity index (χ3n) is 5.00. The molecule has 7 heteroatoms. The molecule has 0 aliphatic carbocycles. The van der Waals surface area contributed by atoms with Gasteiger partial charge in [-0.05, 0) is 6.42 Å². The zero-order valence-electron chi connectivity index (χ0n) is 15.7. The molecule has 1 aliphatic rings. The number of hydrogen-bond acceptors (Lipinski definition) is 5. The summed E-state index contributed by atoms with van der Waals surface area (Å²) in [6.45, 7) is 3.37. The van der Waals surface area contributed by atoms with Crippen LogP contribution in [0.15, 0.2) is 34.9 Å². The molecule has 0 N–H and O–H groups in total. The molecular weight excluding hydrogens is 342 g/mol. The number of nitrogens with zero attached hydrogens (tertiary/aromatic N) is 5. The van der Waals surface area contributed by atoms with Gasteiger partial charge in [-0.1, -0.05) is 48.8 Å². The largest absolute Gasteiger partial charge is 0.338 e. The van der Waals surface area contributed by atoms with Gasteiger partial charge in [0, 0.05) is 49.8 Å². The van der Waals surface area contributed by atoms with Crippen LogP contribution in [0.2, 0.25) is 0 Å². The number of carbonyl (C=O) groups is 1. The minimum atomic E-state index is 0.202. The van der Waals surface area contributed by atoms with Crippen molar-refractivity contribution in [1.29, 1.82) is 0 Å². The van der Waals surface area contributed by atoms with Crippen molar-refractivity contribution < 1.29 is 9.32 Å². The molecule has 1 amide bonds. The average molecular weight is 365 g/mol. The number of amides is 1. The first-order valence-corrected chi connectivity index (χ1v) is 9.39. The topological polar surface area (TPSA) is 77.1 Å². The van der Waals surface area contributed by atoms with Crippen LogP contribution in [0.25, 0.3) is 23.0 Å². The van der Waals surface area contributed by atoms with Crippen molar-refractivity contribution in [1.82, 2.24) is 24.8 Å². The Morgan fingerprint density at radius 2 is 2.07 bits per heavy atom. The molecule has 7 nitrogen and oxygen atoms in total. The zero-order chi connectivity index (χ0) is 18.8. The summed E-state index contributed by atoms with van der Waals surface area (Å²) in [4.78, 5) is 18.9. The van der Waals surface area contributed by atoms with E-state index >= 15 is 0 Å². The highest BCUT2D eigenvalue weighted by Gasteiger charge is 2.29. The number of fused-ring (bicyclic) bond motifs is 1. The van der Waals surface area contributed by atoms with Gasteiger partial charge in [0.1, 0.15) is 0 Å². The summed E-state index contributed by atoms with van der Waals surface area (Å²) in [7, 11) is 1.92. The maximum atomic E-state index is 12.5. The number of unbranched alkanes of at least 4 members (excludes halogenated alkanes) is 1. The number of hydrogen-bond donors (Lipinski definition) is 0. The van der Waals surface area contributed by atoms with E-state index in [0.717, 1.165) is 42.6 Å². The molecule has 3 aromatic rings. The lowest BCUT2D eigenvalue weighted by molar-refractivity contribution is -0.132. The second kappa shape index (κ2) is 7.34. The van der Waals surface area contributed by atoms with Crippen LogP contribution in [0.5, 0.6) is 0 Å². The summed E-state index contributed by atoms with van der Waals surface area (Å²) in [6, 6.07) is 9.71. The minimum absolute atomic E-state index is 0.202. The summed E-state index contributed by atoms with van der Waals surface area (Å²) in [5, 5.41) is 8.71. The van der Waals surface area contributed by atoms with E-state index in [9.17, 15) is 4.79 Å². The van der Waals surface area contributed by atoms with Crippen LogP contribution in [0.3, 0.4) is 0 Å². The minimum Gasteiger partial charge on any atom is -0.338 e. The van der Waals surface area contributed by atoms with Crippen LogP contribution in [0.1, 0.15) is 37.4 Å². The van der Waals surface area contributed by atoms with Gasteiger partial charge in [0.2, 0.25) is 11.7 Å². The van der Waals surface area contributed by atoms with Crippen LogP contribution >= 0.6 is 0 Å². The summed E-state index contributed by atoms with van der Waals surface area (Å²) >= 11 is 0. The Labute approximate surface area is 158 Å². The van der Waals surface area contributed by atoms with Crippen LogP contribution in [0.4, 0.5) is 0 Å². The van der Waals surface area contributed by atoms with Gasteiger partial charge in [-0.2, -0.15) is 10.1 Å². The number of carbonyl (C=O) groups excluding carboxylic acids is 1. The van der Waals surface area contributed by atoms with Gasteiger partial charge in [-0.25, -0.2) is 0 Å². The molecule has 1 aromatic carbocycles. The lowest BCUT2D eigenvalue weighted by atomic mass is 10.0. The second-order valence-corrected chi connectivity index (χ2v) is 6.86. The lowest BCUT2D eigenvalue weighted by Crippen LogP contribution is -2.36. The van der Waals surface area contributed by atoms with Crippen molar-refractivity contribution in [3.63, 3.8) is 0 Å². The Bertz CT molecular complexity index is 945.